The van der Waals surface area contributed by atoms with Crippen molar-refractivity contribution in [3.63, 3.8) is 0 Å². The highest BCUT2D eigenvalue weighted by atomic mass is 16.5. The van der Waals surface area contributed by atoms with Gasteiger partial charge in [-0.1, -0.05) is 0 Å². The van der Waals surface area contributed by atoms with Crippen molar-refractivity contribution in [1.82, 2.24) is 0 Å². The van der Waals surface area contributed by atoms with Gasteiger partial charge in [-0.2, -0.15) is 0 Å². The Hall–Kier alpha value is -0.0400. The Morgan fingerprint density at radius 2 is 1.70 bits per heavy atom. The van der Waals surface area contributed by atoms with Gasteiger partial charge in [0.1, 0.15) is 0 Å². The molecule has 0 saturated heterocycles. The van der Waals surface area contributed by atoms with Gasteiger partial charge in [0.05, 0.1) is 6.10 Å². The van der Waals surface area contributed by atoms with Crippen molar-refractivity contribution >= 4 is 0 Å². The van der Waals surface area contributed by atoms with Crippen LogP contribution in [0.5, 0.6) is 0 Å². The smallest absolute Gasteiger partial charge is 0.0571 e. The molecule has 0 aromatic rings. The van der Waals surface area contributed by atoms with Gasteiger partial charge >= 0.3 is 0 Å². The van der Waals surface area contributed by atoms with Gasteiger partial charge in [-0.05, 0) is 43.9 Å². The van der Waals surface area contributed by atoms with E-state index in [4.69, 9.17) is 4.74 Å². The molecule has 58 valence electrons. The van der Waals surface area contributed by atoms with E-state index in [0.29, 0.717) is 6.10 Å². The zero-order valence-corrected chi connectivity index (χ0v) is 6.73. The standard InChI is InChI=1S/C9H16O/c1-10-8-2-4-9(5-3-8)6-7-9/h8H,2-7H2,1H3. The molecule has 0 radical (unpaired) electrons. The molecule has 2 rings (SSSR count). The van der Waals surface area contributed by atoms with Gasteiger partial charge in [0.25, 0.3) is 0 Å². The van der Waals surface area contributed by atoms with Crippen molar-refractivity contribution in [2.75, 3.05) is 7.11 Å². The first kappa shape index (κ1) is 6.66. The van der Waals surface area contributed by atoms with E-state index >= 15 is 0 Å². The molecule has 2 aliphatic rings. The maximum absolute atomic E-state index is 5.31. The van der Waals surface area contributed by atoms with Gasteiger partial charge in [-0.15, -0.1) is 0 Å². The molecule has 0 atom stereocenters. The van der Waals surface area contributed by atoms with E-state index in [2.05, 4.69) is 0 Å². The van der Waals surface area contributed by atoms with Crippen LogP contribution in [-0.4, -0.2) is 13.2 Å². The van der Waals surface area contributed by atoms with Crippen molar-refractivity contribution < 1.29 is 4.74 Å². The van der Waals surface area contributed by atoms with Crippen molar-refractivity contribution in [3.05, 3.63) is 0 Å². The second-order valence-corrected chi connectivity index (χ2v) is 3.94. The van der Waals surface area contributed by atoms with E-state index in [1.165, 1.54) is 38.5 Å². The summed E-state index contributed by atoms with van der Waals surface area (Å²) in [6.45, 7) is 0. The molecule has 2 aliphatic carbocycles. The van der Waals surface area contributed by atoms with Crippen molar-refractivity contribution in [3.8, 4) is 0 Å². The lowest BCUT2D eigenvalue weighted by atomic mass is 9.85. The quantitative estimate of drug-likeness (QED) is 0.543. The average Bonchev–Trinajstić information content (AvgIpc) is 2.72. The van der Waals surface area contributed by atoms with E-state index < -0.39 is 0 Å². The fraction of sp³-hybridized carbons (Fsp3) is 1.00. The Bertz CT molecular complexity index is 117. The summed E-state index contributed by atoms with van der Waals surface area (Å²) in [5, 5.41) is 0. The first-order valence-electron chi connectivity index (χ1n) is 4.37. The van der Waals surface area contributed by atoms with Crippen LogP contribution in [0.2, 0.25) is 0 Å². The minimum absolute atomic E-state index is 0.589. The summed E-state index contributed by atoms with van der Waals surface area (Å²) in [5.41, 5.74) is 0.828. The fourth-order valence-electron chi connectivity index (χ4n) is 2.12. The third-order valence-electron chi connectivity index (χ3n) is 3.28. The number of rotatable bonds is 1. The van der Waals surface area contributed by atoms with E-state index in [9.17, 15) is 0 Å². The predicted octanol–water partition coefficient (Wildman–Crippen LogP) is 2.36. The van der Waals surface area contributed by atoms with Crippen molar-refractivity contribution in [2.24, 2.45) is 5.41 Å². The second kappa shape index (κ2) is 2.23. The molecule has 1 nitrogen and oxygen atoms in total. The van der Waals surface area contributed by atoms with Gasteiger partial charge in [0.15, 0.2) is 0 Å². The number of hydrogen-bond acceptors (Lipinski definition) is 1. The minimum atomic E-state index is 0.589. The van der Waals surface area contributed by atoms with Gasteiger partial charge in [0.2, 0.25) is 0 Å². The number of ether oxygens (including phenoxy) is 1. The monoisotopic (exact) mass is 140 g/mol. The Labute approximate surface area is 62.8 Å². The SMILES string of the molecule is COC1CCC2(CC1)CC2. The summed E-state index contributed by atoms with van der Waals surface area (Å²) in [6, 6.07) is 0. The Morgan fingerprint density at radius 1 is 1.10 bits per heavy atom. The lowest BCUT2D eigenvalue weighted by Crippen LogP contribution is -2.20. The molecule has 0 N–H and O–H groups in total. The Kier molecular flexibility index (Phi) is 1.48. The molecule has 1 heteroatoms. The first-order chi connectivity index (χ1) is 4.85. The summed E-state index contributed by atoms with van der Waals surface area (Å²) < 4.78 is 5.31. The lowest BCUT2D eigenvalue weighted by Gasteiger charge is -2.27. The Balaban J connectivity index is 1.84. The fourth-order valence-corrected chi connectivity index (χ4v) is 2.12. The molecule has 0 bridgehead atoms. The molecular weight excluding hydrogens is 124 g/mol. The maximum atomic E-state index is 5.31. The topological polar surface area (TPSA) is 9.23 Å². The largest absolute Gasteiger partial charge is 0.381 e. The van der Waals surface area contributed by atoms with Crippen LogP contribution in [0.15, 0.2) is 0 Å². The molecule has 0 amide bonds. The summed E-state index contributed by atoms with van der Waals surface area (Å²) >= 11 is 0. The van der Waals surface area contributed by atoms with Crippen LogP contribution in [0.25, 0.3) is 0 Å². The van der Waals surface area contributed by atoms with Crippen LogP contribution in [0.3, 0.4) is 0 Å². The third kappa shape index (κ3) is 1.07. The first-order valence-corrected chi connectivity index (χ1v) is 4.37. The number of hydrogen-bond donors (Lipinski definition) is 0. The van der Waals surface area contributed by atoms with E-state index in [1.54, 1.807) is 0 Å². The normalized spacial score (nSPS) is 30.9. The summed E-state index contributed by atoms with van der Waals surface area (Å²) in [4.78, 5) is 0. The van der Waals surface area contributed by atoms with E-state index in [-0.39, 0.29) is 0 Å². The third-order valence-corrected chi connectivity index (χ3v) is 3.28. The average molecular weight is 140 g/mol. The van der Waals surface area contributed by atoms with Crippen molar-refractivity contribution in [1.29, 1.82) is 0 Å². The maximum Gasteiger partial charge on any atom is 0.0571 e. The molecule has 2 saturated carbocycles. The van der Waals surface area contributed by atoms with Crippen LogP contribution in [-0.2, 0) is 4.74 Å². The molecule has 2 fully saturated rings. The summed E-state index contributed by atoms with van der Waals surface area (Å²) in [7, 11) is 1.84. The number of methoxy groups -OCH3 is 1. The zero-order valence-electron chi connectivity index (χ0n) is 6.73. The zero-order chi connectivity index (χ0) is 7.03. The van der Waals surface area contributed by atoms with Crippen LogP contribution < -0.4 is 0 Å². The molecule has 0 unspecified atom stereocenters. The van der Waals surface area contributed by atoms with Crippen LogP contribution >= 0.6 is 0 Å². The molecule has 0 heterocycles. The van der Waals surface area contributed by atoms with E-state index in [0.717, 1.165) is 5.41 Å². The molecule has 0 aromatic heterocycles. The van der Waals surface area contributed by atoms with Gasteiger partial charge in [-0.25, -0.2) is 0 Å². The van der Waals surface area contributed by atoms with E-state index in [1.807, 2.05) is 7.11 Å². The van der Waals surface area contributed by atoms with Crippen molar-refractivity contribution in [2.45, 2.75) is 44.6 Å². The van der Waals surface area contributed by atoms with Gasteiger partial charge in [-0.3, -0.25) is 0 Å². The van der Waals surface area contributed by atoms with Crippen LogP contribution in [0, 0.1) is 5.41 Å². The predicted molar refractivity (Wildman–Crippen MR) is 40.9 cm³/mol. The van der Waals surface area contributed by atoms with Crippen LogP contribution in [0.4, 0.5) is 0 Å². The summed E-state index contributed by atoms with van der Waals surface area (Å²) in [6.07, 6.45) is 9.10. The molecule has 1 spiro atoms. The summed E-state index contributed by atoms with van der Waals surface area (Å²) in [5.74, 6) is 0. The van der Waals surface area contributed by atoms with Gasteiger partial charge in [0, 0.05) is 7.11 Å². The molecule has 0 aromatic carbocycles. The Morgan fingerprint density at radius 3 is 2.10 bits per heavy atom. The molecule has 10 heavy (non-hydrogen) atoms. The van der Waals surface area contributed by atoms with Gasteiger partial charge < -0.3 is 4.74 Å². The molecular formula is C9H16O. The minimum Gasteiger partial charge on any atom is -0.381 e. The second-order valence-electron chi connectivity index (χ2n) is 3.94. The highest BCUT2D eigenvalue weighted by molar-refractivity contribution is 4.96. The lowest BCUT2D eigenvalue weighted by molar-refractivity contribution is 0.0523. The highest BCUT2D eigenvalue weighted by Gasteiger charge is 2.44. The highest BCUT2D eigenvalue weighted by Crippen LogP contribution is 2.56. The van der Waals surface area contributed by atoms with Crippen LogP contribution in [0.1, 0.15) is 38.5 Å². The molecule has 0 aliphatic heterocycles.